The summed E-state index contributed by atoms with van der Waals surface area (Å²) in [4.78, 5) is 24.8. The molecule has 31 heavy (non-hydrogen) atoms. The van der Waals surface area contributed by atoms with Gasteiger partial charge in [0.25, 0.3) is 5.91 Å². The van der Waals surface area contributed by atoms with Gasteiger partial charge in [0.15, 0.2) is 5.82 Å². The lowest BCUT2D eigenvalue weighted by Gasteiger charge is -2.12. The normalized spacial score (nSPS) is 11.2. The smallest absolute Gasteiger partial charge is 0.268 e. The van der Waals surface area contributed by atoms with Crippen molar-refractivity contribution in [1.29, 1.82) is 0 Å². The van der Waals surface area contributed by atoms with E-state index >= 15 is 0 Å². The third-order valence-corrected chi connectivity index (χ3v) is 4.71. The van der Waals surface area contributed by atoms with Crippen LogP contribution in [0.2, 0.25) is 0 Å². The van der Waals surface area contributed by atoms with Gasteiger partial charge in [-0.1, -0.05) is 36.1 Å². The second-order valence-electron chi connectivity index (χ2n) is 7.63. The topological polar surface area (TPSA) is 94.9 Å². The van der Waals surface area contributed by atoms with Crippen molar-refractivity contribution in [1.82, 2.24) is 15.0 Å². The van der Waals surface area contributed by atoms with Crippen LogP contribution in [0.25, 0.3) is 22.3 Å². The Morgan fingerprint density at radius 2 is 1.94 bits per heavy atom. The van der Waals surface area contributed by atoms with Crippen LogP contribution < -0.4 is 5.73 Å². The lowest BCUT2D eigenvalue weighted by Crippen LogP contribution is -2.15. The summed E-state index contributed by atoms with van der Waals surface area (Å²) in [5, 5.41) is 0.273. The van der Waals surface area contributed by atoms with E-state index in [0.29, 0.717) is 17.0 Å². The molecule has 4 aromatic rings. The number of carbonyl (C=O) groups is 1. The number of halogens is 1. The van der Waals surface area contributed by atoms with Crippen molar-refractivity contribution in [2.24, 2.45) is 5.73 Å². The first kappa shape index (κ1) is 20.2. The Bertz CT molecular complexity index is 1380. The number of para-hydroxylation sites is 1. The SMILES string of the molecule is Cc1cnc(C(C)(C)C#Cc2cccc(-c3nc(C(N)=O)c4cccc(F)c4n3)c2)o1. The Morgan fingerprint density at radius 1 is 1.16 bits per heavy atom. The summed E-state index contributed by atoms with van der Waals surface area (Å²) in [6, 6.07) is 11.5. The molecule has 0 fully saturated rings. The van der Waals surface area contributed by atoms with Crippen molar-refractivity contribution < 1.29 is 13.6 Å². The summed E-state index contributed by atoms with van der Waals surface area (Å²) in [6.45, 7) is 5.67. The van der Waals surface area contributed by atoms with E-state index in [2.05, 4.69) is 26.8 Å². The highest BCUT2D eigenvalue weighted by atomic mass is 19.1. The average molecular weight is 414 g/mol. The fraction of sp³-hybridized carbons (Fsp3) is 0.167. The number of hydrogen-bond donors (Lipinski definition) is 1. The van der Waals surface area contributed by atoms with Gasteiger partial charge in [-0.3, -0.25) is 4.79 Å². The molecule has 2 heterocycles. The number of amides is 1. The van der Waals surface area contributed by atoms with Crippen LogP contribution in [0.15, 0.2) is 53.1 Å². The van der Waals surface area contributed by atoms with Gasteiger partial charge in [0.05, 0.1) is 6.20 Å². The molecule has 2 aromatic heterocycles. The number of hydrogen-bond acceptors (Lipinski definition) is 5. The van der Waals surface area contributed by atoms with Crippen molar-refractivity contribution in [3.8, 4) is 23.2 Å². The molecular weight excluding hydrogens is 395 g/mol. The fourth-order valence-corrected chi connectivity index (χ4v) is 3.10. The number of primary amides is 1. The molecule has 2 aromatic carbocycles. The number of nitrogens with two attached hydrogens (primary N) is 1. The number of oxazole rings is 1. The minimum absolute atomic E-state index is 0.0311. The van der Waals surface area contributed by atoms with Gasteiger partial charge in [0, 0.05) is 16.5 Å². The van der Waals surface area contributed by atoms with E-state index in [1.807, 2.05) is 26.8 Å². The predicted molar refractivity (Wildman–Crippen MR) is 115 cm³/mol. The van der Waals surface area contributed by atoms with Gasteiger partial charge >= 0.3 is 0 Å². The summed E-state index contributed by atoms with van der Waals surface area (Å²) in [6.07, 6.45) is 1.66. The lowest BCUT2D eigenvalue weighted by molar-refractivity contribution is 0.0997. The van der Waals surface area contributed by atoms with Crippen LogP contribution in [0.3, 0.4) is 0 Å². The highest BCUT2D eigenvalue weighted by molar-refractivity contribution is 6.04. The Balaban J connectivity index is 1.77. The lowest BCUT2D eigenvalue weighted by atomic mass is 9.94. The molecule has 0 saturated carbocycles. The van der Waals surface area contributed by atoms with Crippen LogP contribution in [0.4, 0.5) is 4.39 Å². The highest BCUT2D eigenvalue weighted by Gasteiger charge is 2.23. The number of aromatic nitrogens is 3. The van der Waals surface area contributed by atoms with Crippen molar-refractivity contribution in [2.75, 3.05) is 0 Å². The standard InChI is InChI=1S/C24H19FN4O2/c1-14-13-27-23(31-14)24(2,3)11-10-15-6-4-7-16(12-15)22-28-19-17(8-5-9-18(19)25)20(29-22)21(26)30/h4-9,12-13H,1-3H3,(H2,26,30). The summed E-state index contributed by atoms with van der Waals surface area (Å²) >= 11 is 0. The van der Waals surface area contributed by atoms with Crippen LogP contribution in [-0.4, -0.2) is 20.9 Å². The molecule has 1 amide bonds. The zero-order valence-corrected chi connectivity index (χ0v) is 17.2. The van der Waals surface area contributed by atoms with Gasteiger partial charge in [-0.05, 0) is 39.0 Å². The van der Waals surface area contributed by atoms with Gasteiger partial charge in [-0.2, -0.15) is 0 Å². The predicted octanol–water partition coefficient (Wildman–Crippen LogP) is 4.16. The van der Waals surface area contributed by atoms with Crippen molar-refractivity contribution in [3.63, 3.8) is 0 Å². The zero-order chi connectivity index (χ0) is 22.2. The Hall–Kier alpha value is -4.05. The number of rotatable bonds is 3. The molecule has 0 bridgehead atoms. The number of aryl methyl sites for hydroxylation is 1. The third-order valence-electron chi connectivity index (χ3n) is 4.71. The Kier molecular flexibility index (Phi) is 4.99. The van der Waals surface area contributed by atoms with E-state index in [1.165, 1.54) is 12.1 Å². The van der Waals surface area contributed by atoms with Crippen LogP contribution in [0, 0.1) is 24.6 Å². The summed E-state index contributed by atoms with van der Waals surface area (Å²) < 4.78 is 19.9. The highest BCUT2D eigenvalue weighted by Crippen LogP contribution is 2.25. The molecule has 0 spiro atoms. The van der Waals surface area contributed by atoms with Crippen LogP contribution in [0.1, 0.15) is 41.6 Å². The van der Waals surface area contributed by atoms with E-state index in [1.54, 1.807) is 30.5 Å². The van der Waals surface area contributed by atoms with Crippen LogP contribution in [0.5, 0.6) is 0 Å². The van der Waals surface area contributed by atoms with Gasteiger partial charge < -0.3 is 10.2 Å². The minimum atomic E-state index is -0.752. The largest absolute Gasteiger partial charge is 0.444 e. The molecule has 154 valence electrons. The van der Waals surface area contributed by atoms with Gasteiger partial charge in [0.1, 0.15) is 28.2 Å². The van der Waals surface area contributed by atoms with E-state index in [0.717, 1.165) is 5.76 Å². The van der Waals surface area contributed by atoms with Gasteiger partial charge in [-0.25, -0.2) is 19.3 Å². The average Bonchev–Trinajstić information content (AvgIpc) is 3.19. The monoisotopic (exact) mass is 414 g/mol. The maximum atomic E-state index is 14.3. The quantitative estimate of drug-likeness (QED) is 0.508. The van der Waals surface area contributed by atoms with Crippen molar-refractivity contribution in [3.05, 3.63) is 77.4 Å². The Morgan fingerprint density at radius 3 is 2.65 bits per heavy atom. The second-order valence-corrected chi connectivity index (χ2v) is 7.63. The molecule has 7 heteroatoms. The molecule has 0 aliphatic heterocycles. The minimum Gasteiger partial charge on any atom is -0.444 e. The van der Waals surface area contributed by atoms with E-state index < -0.39 is 17.1 Å². The van der Waals surface area contributed by atoms with Crippen LogP contribution >= 0.6 is 0 Å². The summed E-state index contributed by atoms with van der Waals surface area (Å²) in [5.74, 6) is 6.43. The molecule has 0 atom stereocenters. The van der Waals surface area contributed by atoms with Crippen molar-refractivity contribution >= 4 is 16.8 Å². The molecule has 0 aliphatic carbocycles. The summed E-state index contributed by atoms with van der Waals surface area (Å²) in [5.41, 5.74) is 6.18. The summed E-state index contributed by atoms with van der Waals surface area (Å²) in [7, 11) is 0. The van der Waals surface area contributed by atoms with E-state index in [9.17, 15) is 9.18 Å². The first-order valence-electron chi connectivity index (χ1n) is 9.57. The van der Waals surface area contributed by atoms with Gasteiger partial charge in [-0.15, -0.1) is 0 Å². The van der Waals surface area contributed by atoms with E-state index in [-0.39, 0.29) is 22.4 Å². The molecule has 0 saturated heterocycles. The van der Waals surface area contributed by atoms with Gasteiger partial charge in [0.2, 0.25) is 5.89 Å². The molecule has 6 nitrogen and oxygen atoms in total. The number of fused-ring (bicyclic) bond motifs is 1. The zero-order valence-electron chi connectivity index (χ0n) is 17.2. The second kappa shape index (κ2) is 7.65. The molecular formula is C24H19FN4O2. The van der Waals surface area contributed by atoms with Crippen molar-refractivity contribution in [2.45, 2.75) is 26.2 Å². The molecule has 4 rings (SSSR count). The first-order chi connectivity index (χ1) is 14.7. The number of benzene rings is 2. The molecule has 0 aliphatic rings. The maximum absolute atomic E-state index is 14.3. The number of carbonyl (C=O) groups excluding carboxylic acids is 1. The molecule has 2 N–H and O–H groups in total. The Labute approximate surface area is 178 Å². The van der Waals surface area contributed by atoms with Crippen LogP contribution in [-0.2, 0) is 5.41 Å². The number of nitrogens with zero attached hydrogens (tertiary/aromatic N) is 3. The van der Waals surface area contributed by atoms with E-state index in [4.69, 9.17) is 10.2 Å². The molecule has 0 radical (unpaired) electrons. The third kappa shape index (κ3) is 4.01. The maximum Gasteiger partial charge on any atom is 0.268 e. The molecule has 0 unspecified atom stereocenters. The first-order valence-corrected chi connectivity index (χ1v) is 9.57. The fourth-order valence-electron chi connectivity index (χ4n) is 3.10.